The lowest BCUT2D eigenvalue weighted by Crippen LogP contribution is -2.51. The Hall–Kier alpha value is -1.34. The van der Waals surface area contributed by atoms with Crippen LogP contribution in [0.4, 0.5) is 4.79 Å². The number of nitrogens with zero attached hydrogens (tertiary/aromatic N) is 1. The number of amides is 2. The largest absolute Gasteiger partial charge is 0.480 e. The van der Waals surface area contributed by atoms with Gasteiger partial charge in [-0.3, -0.25) is 0 Å². The summed E-state index contributed by atoms with van der Waals surface area (Å²) < 4.78 is 5.48. The summed E-state index contributed by atoms with van der Waals surface area (Å²) in [5.41, 5.74) is 0. The van der Waals surface area contributed by atoms with E-state index in [1.165, 1.54) is 0 Å². The van der Waals surface area contributed by atoms with Crippen molar-refractivity contribution < 1.29 is 24.5 Å². The smallest absolute Gasteiger partial charge is 0.326 e. The fraction of sp³-hybridized carbons (Fsp3) is 0.833. The number of aliphatic hydroxyl groups excluding tert-OH is 1. The van der Waals surface area contributed by atoms with Crippen LogP contribution in [0, 0.1) is 0 Å². The van der Waals surface area contributed by atoms with Gasteiger partial charge in [-0.05, 0) is 19.8 Å². The quantitative estimate of drug-likeness (QED) is 0.635. The van der Waals surface area contributed by atoms with Gasteiger partial charge in [0.2, 0.25) is 0 Å². The summed E-state index contributed by atoms with van der Waals surface area (Å²) >= 11 is 0. The number of nitrogens with one attached hydrogen (secondary N) is 1. The van der Waals surface area contributed by atoms with E-state index in [1.54, 1.807) is 4.90 Å². The van der Waals surface area contributed by atoms with E-state index in [2.05, 4.69) is 5.32 Å². The van der Waals surface area contributed by atoms with Gasteiger partial charge < -0.3 is 25.2 Å². The van der Waals surface area contributed by atoms with Crippen molar-refractivity contribution in [2.75, 3.05) is 26.3 Å². The van der Waals surface area contributed by atoms with Gasteiger partial charge in [0.25, 0.3) is 0 Å². The minimum absolute atomic E-state index is 0.0104. The number of aliphatic hydroxyl groups is 1. The van der Waals surface area contributed by atoms with Crippen LogP contribution in [0.25, 0.3) is 0 Å². The van der Waals surface area contributed by atoms with Crippen LogP contribution in [-0.2, 0) is 9.53 Å². The maximum atomic E-state index is 11.9. The Balaban J connectivity index is 2.39. The van der Waals surface area contributed by atoms with Crippen molar-refractivity contribution in [2.24, 2.45) is 0 Å². The Morgan fingerprint density at radius 3 is 2.53 bits per heavy atom. The van der Waals surface area contributed by atoms with Gasteiger partial charge in [-0.2, -0.15) is 0 Å². The molecule has 1 fully saturated rings. The highest BCUT2D eigenvalue weighted by molar-refractivity contribution is 5.82. The topological polar surface area (TPSA) is 99.1 Å². The molecule has 0 aliphatic carbocycles. The average molecular weight is 274 g/mol. The van der Waals surface area contributed by atoms with Crippen LogP contribution in [0.1, 0.15) is 26.2 Å². The van der Waals surface area contributed by atoms with Crippen LogP contribution < -0.4 is 5.32 Å². The molecule has 0 radical (unpaired) electrons. The molecule has 7 heteroatoms. The van der Waals surface area contributed by atoms with Crippen molar-refractivity contribution >= 4 is 12.0 Å². The number of urea groups is 1. The van der Waals surface area contributed by atoms with Gasteiger partial charge in [-0.25, -0.2) is 9.59 Å². The van der Waals surface area contributed by atoms with Crippen LogP contribution in [0.2, 0.25) is 0 Å². The van der Waals surface area contributed by atoms with E-state index in [1.807, 2.05) is 6.92 Å². The molecule has 1 aliphatic heterocycles. The number of carbonyl (C=O) groups is 2. The van der Waals surface area contributed by atoms with E-state index in [0.29, 0.717) is 19.7 Å². The van der Waals surface area contributed by atoms with Crippen LogP contribution in [0.3, 0.4) is 0 Å². The molecule has 0 aromatic carbocycles. The highest BCUT2D eigenvalue weighted by Gasteiger charge is 2.26. The van der Waals surface area contributed by atoms with E-state index in [0.717, 1.165) is 12.8 Å². The molecular weight excluding hydrogens is 252 g/mol. The molecule has 7 nitrogen and oxygen atoms in total. The molecule has 1 heterocycles. The number of piperidine rings is 1. The zero-order valence-corrected chi connectivity index (χ0v) is 11.2. The number of carboxylic acids is 1. The first-order chi connectivity index (χ1) is 9.08. The summed E-state index contributed by atoms with van der Waals surface area (Å²) in [6.07, 6.45) is 1.72. The molecule has 0 bridgehead atoms. The lowest BCUT2D eigenvalue weighted by atomic mass is 10.1. The molecular formula is C12H22N2O5. The predicted molar refractivity (Wildman–Crippen MR) is 67.9 cm³/mol. The Morgan fingerprint density at radius 1 is 1.42 bits per heavy atom. The summed E-state index contributed by atoms with van der Waals surface area (Å²) in [7, 11) is 0. The van der Waals surface area contributed by atoms with Gasteiger partial charge in [0.15, 0.2) is 0 Å². The third-order valence-corrected chi connectivity index (χ3v) is 3.15. The van der Waals surface area contributed by atoms with Crippen LogP contribution >= 0.6 is 0 Å². The van der Waals surface area contributed by atoms with Gasteiger partial charge in [0, 0.05) is 32.7 Å². The second kappa shape index (κ2) is 7.96. The average Bonchev–Trinajstić information content (AvgIpc) is 2.39. The zero-order chi connectivity index (χ0) is 14.3. The maximum Gasteiger partial charge on any atom is 0.326 e. The summed E-state index contributed by atoms with van der Waals surface area (Å²) in [5.74, 6) is -1.13. The Bertz CT molecular complexity index is 302. The van der Waals surface area contributed by atoms with Crippen molar-refractivity contribution in [3.05, 3.63) is 0 Å². The number of rotatable bonds is 6. The Morgan fingerprint density at radius 2 is 2.05 bits per heavy atom. The Labute approximate surface area is 112 Å². The molecule has 0 aromatic rings. The SMILES string of the molecule is CCOC1CCN(C(=O)N[C@H](CCO)C(=O)O)CC1. The number of aliphatic carboxylic acids is 1. The minimum atomic E-state index is -1.13. The van der Waals surface area contributed by atoms with Gasteiger partial charge in [-0.15, -0.1) is 0 Å². The maximum absolute atomic E-state index is 11.9. The van der Waals surface area contributed by atoms with E-state index in [-0.39, 0.29) is 19.1 Å². The zero-order valence-electron chi connectivity index (χ0n) is 11.2. The fourth-order valence-corrected chi connectivity index (χ4v) is 2.09. The first-order valence-electron chi connectivity index (χ1n) is 6.59. The molecule has 0 spiro atoms. The number of carboxylic acid groups (broad SMARTS) is 1. The molecule has 3 N–H and O–H groups in total. The van der Waals surface area contributed by atoms with E-state index in [9.17, 15) is 9.59 Å². The lowest BCUT2D eigenvalue weighted by molar-refractivity contribution is -0.139. The first kappa shape index (κ1) is 15.7. The minimum Gasteiger partial charge on any atom is -0.480 e. The van der Waals surface area contributed by atoms with Crippen molar-refractivity contribution in [2.45, 2.75) is 38.3 Å². The molecule has 1 aliphatic rings. The second-order valence-electron chi connectivity index (χ2n) is 4.49. The normalized spacial score (nSPS) is 18.1. The van der Waals surface area contributed by atoms with Crippen molar-refractivity contribution in [1.82, 2.24) is 10.2 Å². The van der Waals surface area contributed by atoms with Crippen molar-refractivity contribution in [3.8, 4) is 0 Å². The number of ether oxygens (including phenoxy) is 1. The molecule has 1 rings (SSSR count). The molecule has 0 aromatic heterocycles. The number of carbonyl (C=O) groups excluding carboxylic acids is 1. The summed E-state index contributed by atoms with van der Waals surface area (Å²) in [6.45, 7) is 3.44. The number of hydrogen-bond donors (Lipinski definition) is 3. The summed E-state index contributed by atoms with van der Waals surface area (Å²) in [5, 5.41) is 20.1. The highest BCUT2D eigenvalue weighted by atomic mass is 16.5. The third-order valence-electron chi connectivity index (χ3n) is 3.15. The fourth-order valence-electron chi connectivity index (χ4n) is 2.09. The standard InChI is InChI=1S/C12H22N2O5/c1-2-19-9-3-6-14(7-4-9)12(18)13-10(5-8-15)11(16)17/h9-10,15H,2-8H2,1H3,(H,13,18)(H,16,17)/t10-/m1/s1. The van der Waals surface area contributed by atoms with E-state index < -0.39 is 18.0 Å². The summed E-state index contributed by atoms with van der Waals surface area (Å²) in [4.78, 5) is 24.3. The van der Waals surface area contributed by atoms with Crippen LogP contribution in [0.5, 0.6) is 0 Å². The second-order valence-corrected chi connectivity index (χ2v) is 4.49. The van der Waals surface area contributed by atoms with E-state index in [4.69, 9.17) is 14.9 Å². The number of likely N-dealkylation sites (tertiary alicyclic amines) is 1. The van der Waals surface area contributed by atoms with Gasteiger partial charge in [0.1, 0.15) is 6.04 Å². The summed E-state index contributed by atoms with van der Waals surface area (Å²) in [6, 6.07) is -1.43. The van der Waals surface area contributed by atoms with Crippen molar-refractivity contribution in [1.29, 1.82) is 0 Å². The molecule has 2 amide bonds. The number of hydrogen-bond acceptors (Lipinski definition) is 4. The Kier molecular flexibility index (Phi) is 6.58. The lowest BCUT2D eigenvalue weighted by Gasteiger charge is -2.32. The molecule has 0 saturated carbocycles. The van der Waals surface area contributed by atoms with Crippen LogP contribution in [-0.4, -0.2) is 65.6 Å². The van der Waals surface area contributed by atoms with Crippen LogP contribution in [0.15, 0.2) is 0 Å². The van der Waals surface area contributed by atoms with Gasteiger partial charge in [0.05, 0.1) is 6.10 Å². The molecule has 1 atom stereocenters. The molecule has 0 unspecified atom stereocenters. The molecule has 19 heavy (non-hydrogen) atoms. The third kappa shape index (κ3) is 5.04. The first-order valence-corrected chi connectivity index (χ1v) is 6.59. The van der Waals surface area contributed by atoms with Crippen molar-refractivity contribution in [3.63, 3.8) is 0 Å². The predicted octanol–water partition coefficient (Wildman–Crippen LogP) is 0.0325. The van der Waals surface area contributed by atoms with E-state index >= 15 is 0 Å². The highest BCUT2D eigenvalue weighted by Crippen LogP contribution is 2.13. The van der Waals surface area contributed by atoms with Gasteiger partial charge in [-0.1, -0.05) is 0 Å². The monoisotopic (exact) mass is 274 g/mol. The molecule has 1 saturated heterocycles. The van der Waals surface area contributed by atoms with Gasteiger partial charge >= 0.3 is 12.0 Å². The molecule has 110 valence electrons.